The van der Waals surface area contributed by atoms with Crippen LogP contribution in [0.15, 0.2) is 47.1 Å². The maximum absolute atomic E-state index is 12.0. The molecule has 164 valence electrons. The van der Waals surface area contributed by atoms with Crippen molar-refractivity contribution < 1.29 is 23.1 Å². The molecular weight excluding hydrogens is 416 g/mol. The van der Waals surface area contributed by atoms with Gasteiger partial charge in [0.15, 0.2) is 18.0 Å². The average molecular weight is 444 g/mol. The summed E-state index contributed by atoms with van der Waals surface area (Å²) < 4.78 is 16.7. The van der Waals surface area contributed by atoms with Gasteiger partial charge in [0.05, 0.1) is 0 Å². The Morgan fingerprint density at radius 2 is 2.00 bits per heavy atom. The molecule has 3 rings (SSSR count). The molecule has 0 unspecified atom stereocenters. The van der Waals surface area contributed by atoms with Crippen LogP contribution in [0.3, 0.4) is 0 Å². The normalized spacial score (nSPS) is 10.9. The lowest BCUT2D eigenvalue weighted by molar-refractivity contribution is -0.696. The molecule has 31 heavy (non-hydrogen) atoms. The van der Waals surface area contributed by atoms with Crippen LogP contribution in [0.5, 0.6) is 0 Å². The van der Waals surface area contributed by atoms with Crippen molar-refractivity contribution in [1.82, 2.24) is 10.3 Å². The highest BCUT2D eigenvalue weighted by molar-refractivity contribution is 7.93. The Balaban J connectivity index is 1.56. The average Bonchev–Trinajstić information content (AvgIpc) is 3.20. The van der Waals surface area contributed by atoms with E-state index in [4.69, 9.17) is 8.97 Å². The summed E-state index contributed by atoms with van der Waals surface area (Å²) in [5.74, 6) is 1.22. The van der Waals surface area contributed by atoms with Gasteiger partial charge in [-0.05, 0) is 37.0 Å². The number of aromatic nitrogens is 2. The predicted octanol–water partition coefficient (Wildman–Crippen LogP) is 4.26. The van der Waals surface area contributed by atoms with Crippen LogP contribution in [0.1, 0.15) is 32.1 Å². The van der Waals surface area contributed by atoms with Crippen molar-refractivity contribution >= 4 is 41.1 Å². The zero-order valence-corrected chi connectivity index (χ0v) is 18.1. The first-order chi connectivity index (χ1) is 15.2. The third kappa shape index (κ3) is 7.08. The first kappa shape index (κ1) is 22.8. The van der Waals surface area contributed by atoms with Crippen molar-refractivity contribution in [2.75, 3.05) is 17.6 Å². The third-order valence-corrected chi connectivity index (χ3v) is 5.19. The minimum atomic E-state index is -0.276. The molecule has 2 amide bonds. The molecule has 0 bridgehead atoms. The summed E-state index contributed by atoms with van der Waals surface area (Å²) in [6, 6.07) is 8.97. The molecule has 1 aromatic carbocycles. The molecule has 3 aromatic rings. The Hall–Kier alpha value is -2.91. The molecule has 0 aliphatic carbocycles. The predicted molar refractivity (Wildman–Crippen MR) is 121 cm³/mol. The van der Waals surface area contributed by atoms with Crippen LogP contribution < -0.4 is 15.2 Å². The highest BCUT2D eigenvalue weighted by Crippen LogP contribution is 2.25. The topological polar surface area (TPSA) is 108 Å². The molecule has 0 fully saturated rings. The zero-order chi connectivity index (χ0) is 21.9. The number of amides is 2. The molecule has 3 N–H and O–H groups in total. The van der Waals surface area contributed by atoms with E-state index >= 15 is 0 Å². The summed E-state index contributed by atoms with van der Waals surface area (Å²) in [5, 5.41) is 5.61. The molecule has 2 aromatic heterocycles. The van der Waals surface area contributed by atoms with Gasteiger partial charge in [0.1, 0.15) is 18.3 Å². The second-order valence-corrected chi connectivity index (χ2v) is 7.78. The Morgan fingerprint density at radius 3 is 2.77 bits per heavy atom. The minimum Gasteiger partial charge on any atom is -0.436 e. The summed E-state index contributed by atoms with van der Waals surface area (Å²) in [5.41, 5.74) is 2.80. The second kappa shape index (κ2) is 12.1. The number of rotatable bonds is 12. The van der Waals surface area contributed by atoms with Crippen molar-refractivity contribution in [3.63, 3.8) is 0 Å². The summed E-state index contributed by atoms with van der Waals surface area (Å²) in [4.78, 5) is 26.9. The molecule has 0 saturated heterocycles. The number of hydrogen-bond donors (Lipinski definition) is 3. The Labute approximate surface area is 185 Å². The number of nitrogens with zero attached hydrogens (tertiary/aromatic N) is 2. The Bertz CT molecular complexity index is 991. The van der Waals surface area contributed by atoms with E-state index in [0.29, 0.717) is 41.4 Å². The van der Waals surface area contributed by atoms with Gasteiger partial charge in [0, 0.05) is 54.6 Å². The molecule has 0 spiro atoms. The van der Waals surface area contributed by atoms with Gasteiger partial charge >= 0.3 is 6.03 Å². The van der Waals surface area contributed by atoms with Crippen LogP contribution >= 0.6 is 12.0 Å². The van der Waals surface area contributed by atoms with E-state index in [1.54, 1.807) is 12.1 Å². The molecule has 8 nitrogen and oxygen atoms in total. The van der Waals surface area contributed by atoms with Crippen molar-refractivity contribution in [2.45, 2.75) is 38.6 Å². The first-order valence-corrected chi connectivity index (χ1v) is 11.3. The fourth-order valence-electron chi connectivity index (χ4n) is 3.09. The van der Waals surface area contributed by atoms with E-state index in [0.717, 1.165) is 56.1 Å². The van der Waals surface area contributed by atoms with Gasteiger partial charge in [0.2, 0.25) is 5.89 Å². The standard InChI is InChI=1S/C22H26N4O4S/c27-14-4-2-1-3-10-23-22(28)24-18-6-7-19-20(16-18)30-21(25-19)17-8-12-26(13-9-17)11-5-15-31-29/h6-9,12-14,16H,1-5,10-11,15H2,(H2,23,28,29)/p+1. The molecule has 0 saturated carbocycles. The van der Waals surface area contributed by atoms with Crippen LogP contribution in [0.4, 0.5) is 10.5 Å². The monoisotopic (exact) mass is 443 g/mol. The minimum absolute atomic E-state index is 0.276. The van der Waals surface area contributed by atoms with E-state index in [-0.39, 0.29) is 6.03 Å². The van der Waals surface area contributed by atoms with Crippen molar-refractivity contribution in [2.24, 2.45) is 0 Å². The number of carbonyl (C=O) groups is 2. The highest BCUT2D eigenvalue weighted by atomic mass is 32.2. The summed E-state index contributed by atoms with van der Waals surface area (Å²) in [7, 11) is 0. The van der Waals surface area contributed by atoms with Crippen molar-refractivity contribution in [3.8, 4) is 11.5 Å². The number of hydrogen-bond acceptors (Lipinski definition) is 6. The Kier molecular flexibility index (Phi) is 8.86. The third-order valence-electron chi connectivity index (χ3n) is 4.72. The molecule has 0 aliphatic heterocycles. The van der Waals surface area contributed by atoms with Gasteiger partial charge < -0.3 is 24.4 Å². The van der Waals surface area contributed by atoms with Gasteiger partial charge in [-0.1, -0.05) is 6.42 Å². The fraction of sp³-hybridized carbons (Fsp3) is 0.364. The number of carbonyl (C=O) groups excluding carboxylic acids is 2. The number of aryl methyl sites for hydroxylation is 1. The van der Waals surface area contributed by atoms with Crippen LogP contribution in [-0.2, 0) is 11.3 Å². The second-order valence-electron chi connectivity index (χ2n) is 7.11. The van der Waals surface area contributed by atoms with Crippen LogP contribution in [0.25, 0.3) is 22.6 Å². The van der Waals surface area contributed by atoms with Gasteiger partial charge in [0.25, 0.3) is 0 Å². The lowest BCUT2D eigenvalue weighted by Gasteiger charge is -2.07. The maximum atomic E-state index is 12.0. The van der Waals surface area contributed by atoms with Crippen LogP contribution in [0.2, 0.25) is 0 Å². The number of unbranched alkanes of at least 4 members (excludes halogenated alkanes) is 3. The van der Waals surface area contributed by atoms with Crippen LogP contribution in [-0.4, -0.2) is 34.2 Å². The number of benzene rings is 1. The maximum Gasteiger partial charge on any atom is 0.319 e. The fourth-order valence-corrected chi connectivity index (χ4v) is 3.35. The van der Waals surface area contributed by atoms with E-state index in [2.05, 4.69) is 15.6 Å². The van der Waals surface area contributed by atoms with Crippen molar-refractivity contribution in [3.05, 3.63) is 42.7 Å². The largest absolute Gasteiger partial charge is 0.436 e. The molecule has 0 atom stereocenters. The van der Waals surface area contributed by atoms with E-state index in [1.807, 2.05) is 35.2 Å². The number of pyridine rings is 1. The van der Waals surface area contributed by atoms with E-state index in [1.165, 1.54) is 0 Å². The number of urea groups is 1. The first-order valence-electron chi connectivity index (χ1n) is 10.3. The zero-order valence-electron chi connectivity index (χ0n) is 17.3. The molecular formula is C22H27N4O4S+. The lowest BCUT2D eigenvalue weighted by Crippen LogP contribution is -2.32. The summed E-state index contributed by atoms with van der Waals surface area (Å²) in [6.07, 6.45) is 8.89. The summed E-state index contributed by atoms with van der Waals surface area (Å²) in [6.45, 7) is 1.39. The van der Waals surface area contributed by atoms with Gasteiger partial charge in [-0.2, -0.15) is 0 Å². The number of oxazole rings is 1. The van der Waals surface area contributed by atoms with Crippen LogP contribution in [0, 0.1) is 0 Å². The van der Waals surface area contributed by atoms with Gasteiger partial charge in [-0.15, -0.1) is 0 Å². The molecule has 9 heteroatoms. The van der Waals surface area contributed by atoms with Gasteiger partial charge in [-0.3, -0.25) is 0 Å². The number of aldehydes is 1. The molecule has 2 heterocycles. The Morgan fingerprint density at radius 1 is 1.16 bits per heavy atom. The SMILES string of the molecule is O=CCCCCCNC(=O)Nc1ccc2nc(-c3cc[n+](CCCSO)cc3)oc2c1. The lowest BCUT2D eigenvalue weighted by atomic mass is 10.2. The highest BCUT2D eigenvalue weighted by Gasteiger charge is 2.11. The number of anilines is 1. The van der Waals surface area contributed by atoms with E-state index < -0.39 is 0 Å². The smallest absolute Gasteiger partial charge is 0.319 e. The number of nitrogens with one attached hydrogen (secondary N) is 2. The van der Waals surface area contributed by atoms with Crippen molar-refractivity contribution in [1.29, 1.82) is 0 Å². The number of fused-ring (bicyclic) bond motifs is 1. The summed E-state index contributed by atoms with van der Waals surface area (Å²) >= 11 is 0.856. The van der Waals surface area contributed by atoms with Gasteiger partial charge in [-0.25, -0.2) is 14.3 Å². The molecule has 0 radical (unpaired) electrons. The van der Waals surface area contributed by atoms with E-state index in [9.17, 15) is 9.59 Å². The quantitative estimate of drug-likeness (QED) is 0.167. The molecule has 0 aliphatic rings.